The van der Waals surface area contributed by atoms with Crippen molar-refractivity contribution in [3.8, 4) is 0 Å². The molecule has 0 radical (unpaired) electrons. The number of piperidine rings is 1. The first-order valence-electron chi connectivity index (χ1n) is 9.43. The van der Waals surface area contributed by atoms with Gasteiger partial charge < -0.3 is 4.90 Å². The van der Waals surface area contributed by atoms with E-state index in [4.69, 9.17) is 0 Å². The van der Waals surface area contributed by atoms with Crippen molar-refractivity contribution in [3.05, 3.63) is 66.0 Å². The van der Waals surface area contributed by atoms with Crippen molar-refractivity contribution in [3.63, 3.8) is 0 Å². The maximum absolute atomic E-state index is 12.7. The molecular weight excluding hydrogens is 338 g/mol. The van der Waals surface area contributed by atoms with Crippen LogP contribution in [0.25, 0.3) is 0 Å². The van der Waals surface area contributed by atoms with Gasteiger partial charge >= 0.3 is 0 Å². The average molecular weight is 365 g/mol. The first-order chi connectivity index (χ1) is 13.0. The molecule has 1 fully saturated rings. The molecule has 27 heavy (non-hydrogen) atoms. The normalized spacial score (nSPS) is 16.3. The lowest BCUT2D eigenvalue weighted by Gasteiger charge is -2.41. The summed E-state index contributed by atoms with van der Waals surface area (Å²) < 4.78 is 0. The Balaban J connectivity index is 1.59. The van der Waals surface area contributed by atoms with Gasteiger partial charge in [0.05, 0.1) is 12.0 Å². The molecule has 1 aromatic carbocycles. The second-order valence-electron chi connectivity index (χ2n) is 7.42. The summed E-state index contributed by atoms with van der Waals surface area (Å²) in [5.41, 5.74) is 1.70. The van der Waals surface area contributed by atoms with Crippen molar-refractivity contribution in [2.24, 2.45) is 0 Å². The molecule has 3 rings (SSSR count). The Bertz CT molecular complexity index is 769. The Labute approximate surface area is 161 Å². The number of amides is 1. The summed E-state index contributed by atoms with van der Waals surface area (Å²) in [6, 6.07) is 13.9. The Morgan fingerprint density at radius 3 is 2.41 bits per heavy atom. The van der Waals surface area contributed by atoms with Gasteiger partial charge in [-0.15, -0.1) is 0 Å². The van der Waals surface area contributed by atoms with Gasteiger partial charge in [-0.05, 0) is 44.0 Å². The van der Waals surface area contributed by atoms with Gasteiger partial charge in [0.15, 0.2) is 0 Å². The first kappa shape index (κ1) is 19.2. The fraction of sp³-hybridized carbons (Fsp3) is 0.409. The summed E-state index contributed by atoms with van der Waals surface area (Å²) in [5.74, 6) is 0.307. The summed E-state index contributed by atoms with van der Waals surface area (Å²) in [5, 5.41) is 0. The van der Waals surface area contributed by atoms with Gasteiger partial charge in [-0.2, -0.15) is 0 Å². The van der Waals surface area contributed by atoms with E-state index in [0.29, 0.717) is 39.0 Å². The molecular formula is C22H27N3O2. The Morgan fingerprint density at radius 1 is 1.11 bits per heavy atom. The highest BCUT2D eigenvalue weighted by Crippen LogP contribution is 2.36. The molecule has 0 N–H and O–H groups in total. The number of Topliss-reactive ketones (excluding diaryl/α,β-unsaturated/α-hetero) is 1. The third kappa shape index (κ3) is 4.42. The molecule has 1 saturated heterocycles. The van der Waals surface area contributed by atoms with Gasteiger partial charge in [0.25, 0.3) is 0 Å². The van der Waals surface area contributed by atoms with Crippen LogP contribution in [0.5, 0.6) is 0 Å². The molecule has 5 nitrogen and oxygen atoms in total. The highest BCUT2D eigenvalue weighted by atomic mass is 16.2. The number of aromatic nitrogens is 1. The van der Waals surface area contributed by atoms with E-state index in [0.717, 1.165) is 11.1 Å². The smallest absolute Gasteiger partial charge is 0.236 e. The van der Waals surface area contributed by atoms with Crippen LogP contribution >= 0.6 is 0 Å². The van der Waals surface area contributed by atoms with Gasteiger partial charge in [0.1, 0.15) is 5.78 Å². The Kier molecular flexibility index (Phi) is 6.01. The zero-order valence-corrected chi connectivity index (χ0v) is 16.1. The van der Waals surface area contributed by atoms with E-state index in [2.05, 4.69) is 4.98 Å². The van der Waals surface area contributed by atoms with E-state index >= 15 is 0 Å². The van der Waals surface area contributed by atoms with E-state index in [1.165, 1.54) is 0 Å². The van der Waals surface area contributed by atoms with Crippen LogP contribution in [0.1, 0.15) is 30.9 Å². The molecule has 1 aromatic heterocycles. The standard InChI is InChI=1S/C22H27N3O2/c1-18(26)22(20-8-4-3-5-9-20)10-13-25(14-11-22)21(27)17-24(2)16-19-7-6-12-23-15-19/h3-9,12,15H,10-11,13-14,16-17H2,1-2H3. The van der Waals surface area contributed by atoms with Gasteiger partial charge in [0, 0.05) is 32.0 Å². The molecule has 2 aromatic rings. The third-order valence-electron chi connectivity index (χ3n) is 5.55. The zero-order chi connectivity index (χ0) is 19.3. The molecule has 142 valence electrons. The fourth-order valence-corrected chi connectivity index (χ4v) is 3.93. The van der Waals surface area contributed by atoms with E-state index < -0.39 is 5.41 Å². The van der Waals surface area contributed by atoms with Crippen LogP contribution in [0.4, 0.5) is 0 Å². The van der Waals surface area contributed by atoms with E-state index in [-0.39, 0.29) is 11.7 Å². The highest BCUT2D eigenvalue weighted by molar-refractivity contribution is 5.88. The number of rotatable bonds is 6. The third-order valence-corrected chi connectivity index (χ3v) is 5.55. The summed E-state index contributed by atoms with van der Waals surface area (Å²) in [6.45, 7) is 3.97. The molecule has 0 unspecified atom stereocenters. The molecule has 0 atom stereocenters. The van der Waals surface area contributed by atoms with E-state index in [1.54, 1.807) is 13.1 Å². The van der Waals surface area contributed by atoms with Crippen molar-refractivity contribution >= 4 is 11.7 Å². The highest BCUT2D eigenvalue weighted by Gasteiger charge is 2.41. The molecule has 0 bridgehead atoms. The number of pyridine rings is 1. The molecule has 0 aliphatic carbocycles. The van der Waals surface area contributed by atoms with Crippen LogP contribution in [-0.2, 0) is 21.5 Å². The molecule has 1 aliphatic rings. The largest absolute Gasteiger partial charge is 0.341 e. The topological polar surface area (TPSA) is 53.5 Å². The minimum Gasteiger partial charge on any atom is -0.341 e. The van der Waals surface area contributed by atoms with Gasteiger partial charge in [-0.3, -0.25) is 19.5 Å². The fourth-order valence-electron chi connectivity index (χ4n) is 3.93. The predicted octanol–water partition coefficient (Wildman–Crippen LogP) is 2.66. The van der Waals surface area contributed by atoms with Crippen LogP contribution in [0.15, 0.2) is 54.9 Å². The summed E-state index contributed by atoms with van der Waals surface area (Å²) >= 11 is 0. The quantitative estimate of drug-likeness (QED) is 0.790. The monoisotopic (exact) mass is 365 g/mol. The summed E-state index contributed by atoms with van der Waals surface area (Å²) in [7, 11) is 1.94. The van der Waals surface area contributed by atoms with Crippen molar-refractivity contribution in [1.82, 2.24) is 14.8 Å². The number of hydrogen-bond acceptors (Lipinski definition) is 4. The van der Waals surface area contributed by atoms with Crippen molar-refractivity contribution in [2.45, 2.75) is 31.7 Å². The number of nitrogens with zero attached hydrogens (tertiary/aromatic N) is 3. The SMILES string of the molecule is CC(=O)C1(c2ccccc2)CCN(C(=O)CN(C)Cc2cccnc2)CC1. The molecule has 2 heterocycles. The maximum atomic E-state index is 12.7. The minimum atomic E-state index is -0.459. The average Bonchev–Trinajstić information content (AvgIpc) is 2.69. The molecule has 1 amide bonds. The molecule has 1 aliphatic heterocycles. The second kappa shape index (κ2) is 8.44. The molecule has 5 heteroatoms. The molecule has 0 spiro atoms. The van der Waals surface area contributed by atoms with Gasteiger partial charge in [0.2, 0.25) is 5.91 Å². The number of likely N-dealkylation sites (N-methyl/N-ethyl adjacent to an activating group) is 1. The predicted molar refractivity (Wildman–Crippen MR) is 105 cm³/mol. The number of benzene rings is 1. The van der Waals surface area contributed by atoms with Crippen molar-refractivity contribution in [1.29, 1.82) is 0 Å². The number of carbonyl (C=O) groups excluding carboxylic acids is 2. The van der Waals surface area contributed by atoms with Crippen LogP contribution < -0.4 is 0 Å². The maximum Gasteiger partial charge on any atom is 0.236 e. The minimum absolute atomic E-state index is 0.117. The van der Waals surface area contributed by atoms with Crippen LogP contribution in [-0.4, -0.2) is 53.2 Å². The lowest BCUT2D eigenvalue weighted by molar-refractivity contribution is -0.136. The van der Waals surface area contributed by atoms with E-state index in [1.807, 2.05) is 65.5 Å². The van der Waals surface area contributed by atoms with Crippen LogP contribution in [0, 0.1) is 0 Å². The Hall–Kier alpha value is -2.53. The molecule has 0 saturated carbocycles. The number of likely N-dealkylation sites (tertiary alicyclic amines) is 1. The number of ketones is 1. The van der Waals surface area contributed by atoms with E-state index in [9.17, 15) is 9.59 Å². The lowest BCUT2D eigenvalue weighted by Crippen LogP contribution is -2.50. The Morgan fingerprint density at radius 2 is 1.81 bits per heavy atom. The van der Waals surface area contributed by atoms with Gasteiger partial charge in [-0.25, -0.2) is 0 Å². The first-order valence-corrected chi connectivity index (χ1v) is 9.43. The number of carbonyl (C=O) groups is 2. The summed E-state index contributed by atoms with van der Waals surface area (Å²) in [4.78, 5) is 33.2. The van der Waals surface area contributed by atoms with Crippen molar-refractivity contribution < 1.29 is 9.59 Å². The number of hydrogen-bond donors (Lipinski definition) is 0. The lowest BCUT2D eigenvalue weighted by atomic mass is 9.70. The van der Waals surface area contributed by atoms with Crippen LogP contribution in [0.3, 0.4) is 0 Å². The second-order valence-corrected chi connectivity index (χ2v) is 7.42. The van der Waals surface area contributed by atoms with Gasteiger partial charge in [-0.1, -0.05) is 36.4 Å². The van der Waals surface area contributed by atoms with Crippen molar-refractivity contribution in [2.75, 3.05) is 26.7 Å². The summed E-state index contributed by atoms with van der Waals surface area (Å²) in [6.07, 6.45) is 4.94. The van der Waals surface area contributed by atoms with Crippen LogP contribution in [0.2, 0.25) is 0 Å². The zero-order valence-electron chi connectivity index (χ0n) is 16.1.